The van der Waals surface area contributed by atoms with E-state index >= 15 is 0 Å². The van der Waals surface area contributed by atoms with E-state index in [1.165, 1.54) is 12.0 Å². The predicted molar refractivity (Wildman–Crippen MR) is 43.0 cm³/mol. The van der Waals surface area contributed by atoms with Gasteiger partial charge in [-0.2, -0.15) is 0 Å². The number of carbonyl (C=O) groups is 2. The van der Waals surface area contributed by atoms with Gasteiger partial charge in [0.05, 0.1) is 13.7 Å². The van der Waals surface area contributed by atoms with E-state index in [4.69, 9.17) is 0 Å². The number of urea groups is 1. The fourth-order valence-corrected chi connectivity index (χ4v) is 1.10. The van der Waals surface area contributed by atoms with Crippen LogP contribution in [-0.2, 0) is 9.53 Å². The molecule has 0 saturated carbocycles. The SMILES string of the molecule is COC(=O)C(O)CN1CCNC1=O. The van der Waals surface area contributed by atoms with E-state index in [9.17, 15) is 14.7 Å². The van der Waals surface area contributed by atoms with Crippen molar-refractivity contribution in [3.63, 3.8) is 0 Å². The molecule has 1 atom stereocenters. The number of esters is 1. The Bertz CT molecular complexity index is 219. The number of β-amino-alcohol motifs (C(OH)–C–C–N with tert-alkyl or cyclic N) is 1. The van der Waals surface area contributed by atoms with Crippen LogP contribution in [0.5, 0.6) is 0 Å². The normalized spacial score (nSPS) is 18.3. The standard InChI is InChI=1S/C7H12N2O4/c1-13-6(11)5(10)4-9-3-2-8-7(9)12/h5,10H,2-4H2,1H3,(H,8,12). The van der Waals surface area contributed by atoms with Crippen molar-refractivity contribution >= 4 is 12.0 Å². The highest BCUT2D eigenvalue weighted by Gasteiger charge is 2.25. The third-order valence-corrected chi connectivity index (χ3v) is 1.81. The Kier molecular flexibility index (Phi) is 3.07. The van der Waals surface area contributed by atoms with Gasteiger partial charge in [-0.1, -0.05) is 0 Å². The minimum Gasteiger partial charge on any atom is -0.467 e. The highest BCUT2D eigenvalue weighted by atomic mass is 16.5. The molecule has 2 amide bonds. The van der Waals surface area contributed by atoms with Crippen molar-refractivity contribution in [1.82, 2.24) is 10.2 Å². The van der Waals surface area contributed by atoms with Crippen molar-refractivity contribution < 1.29 is 19.4 Å². The summed E-state index contributed by atoms with van der Waals surface area (Å²) in [5.74, 6) is -0.722. The number of carbonyl (C=O) groups excluding carboxylic acids is 2. The number of hydrogen-bond donors (Lipinski definition) is 2. The Balaban J connectivity index is 2.39. The van der Waals surface area contributed by atoms with E-state index in [2.05, 4.69) is 10.1 Å². The van der Waals surface area contributed by atoms with Crippen molar-refractivity contribution in [2.75, 3.05) is 26.7 Å². The van der Waals surface area contributed by atoms with Crippen LogP contribution in [0.3, 0.4) is 0 Å². The second kappa shape index (κ2) is 4.08. The lowest BCUT2D eigenvalue weighted by Gasteiger charge is -2.16. The molecule has 0 aliphatic carbocycles. The summed E-state index contributed by atoms with van der Waals surface area (Å²) in [7, 11) is 1.19. The molecule has 6 nitrogen and oxygen atoms in total. The molecule has 1 unspecified atom stereocenters. The Morgan fingerprint density at radius 1 is 1.85 bits per heavy atom. The third-order valence-electron chi connectivity index (χ3n) is 1.81. The molecule has 0 spiro atoms. The first-order valence-electron chi connectivity index (χ1n) is 3.94. The number of aliphatic hydroxyl groups is 1. The molecule has 1 heterocycles. The molecule has 0 aromatic carbocycles. The van der Waals surface area contributed by atoms with Gasteiger partial charge in [0.25, 0.3) is 0 Å². The molecule has 1 aliphatic rings. The van der Waals surface area contributed by atoms with Gasteiger partial charge in [0, 0.05) is 13.1 Å². The molecular weight excluding hydrogens is 176 g/mol. The van der Waals surface area contributed by atoms with E-state index in [1.54, 1.807) is 0 Å². The first-order chi connectivity index (χ1) is 6.15. The lowest BCUT2D eigenvalue weighted by Crippen LogP contribution is -2.39. The van der Waals surface area contributed by atoms with E-state index in [1.807, 2.05) is 0 Å². The zero-order chi connectivity index (χ0) is 9.84. The monoisotopic (exact) mass is 188 g/mol. The molecule has 2 N–H and O–H groups in total. The van der Waals surface area contributed by atoms with Crippen LogP contribution in [0.1, 0.15) is 0 Å². The maximum absolute atomic E-state index is 11.0. The molecule has 0 radical (unpaired) electrons. The van der Waals surface area contributed by atoms with Crippen LogP contribution in [0.4, 0.5) is 4.79 Å². The first-order valence-corrected chi connectivity index (χ1v) is 3.94. The number of ether oxygens (including phenoxy) is 1. The molecule has 1 fully saturated rings. The number of rotatable bonds is 3. The van der Waals surface area contributed by atoms with Crippen molar-refractivity contribution in [1.29, 1.82) is 0 Å². The average Bonchev–Trinajstić information content (AvgIpc) is 2.50. The van der Waals surface area contributed by atoms with Gasteiger partial charge < -0.3 is 20.1 Å². The number of aliphatic hydroxyl groups excluding tert-OH is 1. The summed E-state index contributed by atoms with van der Waals surface area (Å²) in [6.45, 7) is 1.04. The number of nitrogens with zero attached hydrogens (tertiary/aromatic N) is 1. The molecule has 0 aromatic rings. The van der Waals surface area contributed by atoms with E-state index in [-0.39, 0.29) is 12.6 Å². The van der Waals surface area contributed by atoms with Crippen LogP contribution >= 0.6 is 0 Å². The number of hydrogen-bond acceptors (Lipinski definition) is 4. The Labute approximate surface area is 75.5 Å². The van der Waals surface area contributed by atoms with Gasteiger partial charge >= 0.3 is 12.0 Å². The summed E-state index contributed by atoms with van der Waals surface area (Å²) in [4.78, 5) is 23.1. The van der Waals surface area contributed by atoms with Gasteiger partial charge in [-0.25, -0.2) is 9.59 Å². The van der Waals surface area contributed by atoms with E-state index in [0.29, 0.717) is 13.1 Å². The molecule has 1 rings (SSSR count). The molecule has 0 bridgehead atoms. The van der Waals surface area contributed by atoms with Crippen molar-refractivity contribution in [3.05, 3.63) is 0 Å². The molecule has 1 saturated heterocycles. The van der Waals surface area contributed by atoms with Gasteiger partial charge in [0.2, 0.25) is 0 Å². The summed E-state index contributed by atoms with van der Waals surface area (Å²) >= 11 is 0. The maximum atomic E-state index is 11.0. The third kappa shape index (κ3) is 2.32. The molecule has 74 valence electrons. The van der Waals surface area contributed by atoms with Crippen molar-refractivity contribution in [3.8, 4) is 0 Å². The Morgan fingerprint density at radius 3 is 3.00 bits per heavy atom. The lowest BCUT2D eigenvalue weighted by atomic mass is 10.3. The second-order valence-electron chi connectivity index (χ2n) is 2.72. The Hall–Kier alpha value is -1.30. The van der Waals surface area contributed by atoms with Crippen LogP contribution in [0.2, 0.25) is 0 Å². The lowest BCUT2D eigenvalue weighted by molar-refractivity contribution is -0.150. The summed E-state index contributed by atoms with van der Waals surface area (Å²) in [6, 6.07) is -0.261. The van der Waals surface area contributed by atoms with E-state index in [0.717, 1.165) is 0 Å². The van der Waals surface area contributed by atoms with Gasteiger partial charge in [0.1, 0.15) is 0 Å². The van der Waals surface area contributed by atoms with Crippen LogP contribution in [0.25, 0.3) is 0 Å². The summed E-state index contributed by atoms with van der Waals surface area (Å²) < 4.78 is 4.31. The Morgan fingerprint density at radius 2 is 2.54 bits per heavy atom. The molecule has 13 heavy (non-hydrogen) atoms. The highest BCUT2D eigenvalue weighted by molar-refractivity contribution is 5.78. The minimum absolute atomic E-state index is 0.0154. The highest BCUT2D eigenvalue weighted by Crippen LogP contribution is 1.99. The molecule has 1 aliphatic heterocycles. The van der Waals surface area contributed by atoms with E-state index < -0.39 is 12.1 Å². The van der Waals surface area contributed by atoms with Gasteiger partial charge in [-0.3, -0.25) is 0 Å². The summed E-state index contributed by atoms with van der Waals surface area (Å²) in [6.07, 6.45) is -1.26. The molecule has 0 aromatic heterocycles. The fourth-order valence-electron chi connectivity index (χ4n) is 1.10. The van der Waals surface area contributed by atoms with Crippen LogP contribution in [0.15, 0.2) is 0 Å². The fraction of sp³-hybridized carbons (Fsp3) is 0.714. The van der Waals surface area contributed by atoms with Crippen LogP contribution in [-0.4, -0.2) is 54.9 Å². The first kappa shape index (κ1) is 9.79. The minimum atomic E-state index is -1.26. The quantitative estimate of drug-likeness (QED) is 0.531. The molecule has 6 heteroatoms. The van der Waals surface area contributed by atoms with Crippen molar-refractivity contribution in [2.45, 2.75) is 6.10 Å². The van der Waals surface area contributed by atoms with Crippen molar-refractivity contribution in [2.24, 2.45) is 0 Å². The zero-order valence-corrected chi connectivity index (χ0v) is 7.32. The number of methoxy groups -OCH3 is 1. The largest absolute Gasteiger partial charge is 0.467 e. The topological polar surface area (TPSA) is 78.9 Å². The zero-order valence-electron chi connectivity index (χ0n) is 7.32. The predicted octanol–water partition coefficient (Wildman–Crippen LogP) is -1.45. The van der Waals surface area contributed by atoms with Crippen LogP contribution in [0, 0.1) is 0 Å². The van der Waals surface area contributed by atoms with Gasteiger partial charge in [-0.15, -0.1) is 0 Å². The number of amides is 2. The average molecular weight is 188 g/mol. The molecular formula is C7H12N2O4. The number of nitrogens with one attached hydrogen (secondary N) is 1. The summed E-state index contributed by atoms with van der Waals surface area (Å²) in [5, 5.41) is 11.8. The van der Waals surface area contributed by atoms with Gasteiger partial charge in [0.15, 0.2) is 6.10 Å². The second-order valence-corrected chi connectivity index (χ2v) is 2.72. The van der Waals surface area contributed by atoms with Crippen LogP contribution < -0.4 is 5.32 Å². The summed E-state index contributed by atoms with van der Waals surface area (Å²) in [5.41, 5.74) is 0. The van der Waals surface area contributed by atoms with Gasteiger partial charge in [-0.05, 0) is 0 Å². The maximum Gasteiger partial charge on any atom is 0.336 e. The smallest absolute Gasteiger partial charge is 0.336 e.